The van der Waals surface area contributed by atoms with Gasteiger partial charge in [-0.1, -0.05) is 6.92 Å². The van der Waals surface area contributed by atoms with Crippen LogP contribution in [-0.4, -0.2) is 71.1 Å². The molecule has 3 aromatic rings. The molecular formula is C32H32F6N6O7. The van der Waals surface area contributed by atoms with Crippen molar-refractivity contribution in [1.29, 1.82) is 0 Å². The van der Waals surface area contributed by atoms with Gasteiger partial charge in [-0.15, -0.1) is 0 Å². The summed E-state index contributed by atoms with van der Waals surface area (Å²) in [5.41, 5.74) is -3.75. The highest BCUT2D eigenvalue weighted by Gasteiger charge is 2.39. The number of methoxy groups -OCH3 is 2. The number of carbonyl (C=O) groups excluding carboxylic acids is 3. The number of hydrogen-bond acceptors (Lipinski definition) is 11. The Bertz CT molecular complexity index is 1780. The number of pyridine rings is 1. The predicted molar refractivity (Wildman–Crippen MR) is 167 cm³/mol. The zero-order chi connectivity index (χ0) is 37.7. The van der Waals surface area contributed by atoms with Crippen LogP contribution in [0.2, 0.25) is 0 Å². The third-order valence-electron chi connectivity index (χ3n) is 7.77. The molecule has 51 heavy (non-hydrogen) atoms. The van der Waals surface area contributed by atoms with Crippen molar-refractivity contribution in [3.8, 4) is 5.88 Å². The minimum absolute atomic E-state index is 0.0344. The SMILES string of the molecule is CCOC(=O)N1c2ccc(OC)nc2[C@@H](Nc2ncc(C(=O)NC(OC)C(O)=C=O)c(Cc3cc(C(F)(F)F)cc(C(F)(F)F)c3)n2)C[C@H]1CC. The standard InChI is InChI=1S/C32H32F6N6O7/c1-5-19-13-22(26-23(7-8-25(42-26)49-3)44(19)30(48)51-6-2)41-29-39-14-20(27(47)43-28(50-4)24(46)15-45)21(40-29)11-16-9-17(31(33,34)35)12-18(10-16)32(36,37)38/h7-10,12,14,19,22,28,46H,5-6,11,13H2,1-4H3,(H,43,47)(H,39,40,41)/t19-,22+,28?/m1/s1. The molecule has 2 aromatic heterocycles. The minimum atomic E-state index is -5.14. The number of rotatable bonds is 11. The van der Waals surface area contributed by atoms with Gasteiger partial charge in [-0.05, 0) is 49.6 Å². The highest BCUT2D eigenvalue weighted by molar-refractivity contribution is 5.95. The molecule has 0 fully saturated rings. The van der Waals surface area contributed by atoms with E-state index in [1.165, 1.54) is 18.1 Å². The van der Waals surface area contributed by atoms with E-state index in [0.717, 1.165) is 19.2 Å². The molecule has 0 saturated heterocycles. The number of nitrogens with zero attached hydrogens (tertiary/aromatic N) is 4. The van der Waals surface area contributed by atoms with Crippen molar-refractivity contribution in [3.05, 3.63) is 75.9 Å². The predicted octanol–water partition coefficient (Wildman–Crippen LogP) is 5.78. The monoisotopic (exact) mass is 726 g/mol. The second kappa shape index (κ2) is 15.6. The Kier molecular flexibility index (Phi) is 11.8. The summed E-state index contributed by atoms with van der Waals surface area (Å²) in [5, 5.41) is 15.0. The van der Waals surface area contributed by atoms with E-state index in [1.54, 1.807) is 13.0 Å². The number of benzene rings is 1. The zero-order valence-electron chi connectivity index (χ0n) is 27.5. The number of aliphatic hydroxyl groups excluding tert-OH is 1. The molecule has 1 aromatic carbocycles. The van der Waals surface area contributed by atoms with Gasteiger partial charge < -0.3 is 30.0 Å². The molecule has 3 atom stereocenters. The number of halogens is 6. The second-order valence-electron chi connectivity index (χ2n) is 11.0. The van der Waals surface area contributed by atoms with Crippen molar-refractivity contribution >= 4 is 29.6 Å². The van der Waals surface area contributed by atoms with Gasteiger partial charge in [0.25, 0.3) is 5.91 Å². The van der Waals surface area contributed by atoms with E-state index >= 15 is 0 Å². The molecular weight excluding hydrogens is 694 g/mol. The highest BCUT2D eigenvalue weighted by atomic mass is 19.4. The normalized spacial score (nSPS) is 16.4. The van der Waals surface area contributed by atoms with E-state index in [2.05, 4.69) is 25.6 Å². The Balaban J connectivity index is 1.83. The van der Waals surface area contributed by atoms with Crippen LogP contribution >= 0.6 is 0 Å². The van der Waals surface area contributed by atoms with Gasteiger partial charge in [-0.25, -0.2) is 24.5 Å². The maximum atomic E-state index is 13.7. The fraction of sp³-hybridized carbons (Fsp3) is 0.406. The molecule has 0 spiro atoms. The van der Waals surface area contributed by atoms with Gasteiger partial charge in [-0.3, -0.25) is 9.69 Å². The molecule has 0 saturated carbocycles. The third kappa shape index (κ3) is 8.85. The van der Waals surface area contributed by atoms with E-state index in [4.69, 9.17) is 14.2 Å². The number of carbonyl (C=O) groups is 2. The van der Waals surface area contributed by atoms with Crippen LogP contribution in [0.4, 0.5) is 42.8 Å². The number of nitrogens with one attached hydrogen (secondary N) is 2. The maximum Gasteiger partial charge on any atom is 0.416 e. The number of aliphatic hydroxyl groups is 1. The summed E-state index contributed by atoms with van der Waals surface area (Å²) in [7, 11) is 2.41. The molecule has 4 rings (SSSR count). The molecule has 1 aliphatic heterocycles. The van der Waals surface area contributed by atoms with E-state index in [-0.39, 0.29) is 36.6 Å². The quantitative estimate of drug-likeness (QED) is 0.0949. The van der Waals surface area contributed by atoms with Crippen LogP contribution < -0.4 is 20.3 Å². The molecule has 13 nitrogen and oxygen atoms in total. The van der Waals surface area contributed by atoms with Crippen LogP contribution in [-0.2, 0) is 33.0 Å². The lowest BCUT2D eigenvalue weighted by Crippen LogP contribution is -2.46. The van der Waals surface area contributed by atoms with Gasteiger partial charge in [0.05, 0.1) is 53.5 Å². The van der Waals surface area contributed by atoms with Crippen molar-refractivity contribution in [3.63, 3.8) is 0 Å². The number of fused-ring (bicyclic) bond motifs is 1. The smallest absolute Gasteiger partial charge is 0.416 e. The summed E-state index contributed by atoms with van der Waals surface area (Å²) < 4.78 is 97.4. The summed E-state index contributed by atoms with van der Waals surface area (Å²) in [6, 6.07) is 2.95. The molecule has 19 heteroatoms. The molecule has 1 aliphatic rings. The van der Waals surface area contributed by atoms with E-state index in [0.29, 0.717) is 29.9 Å². The first kappa shape index (κ1) is 38.4. The Labute approximate surface area is 286 Å². The summed E-state index contributed by atoms with van der Waals surface area (Å²) >= 11 is 0. The lowest BCUT2D eigenvalue weighted by molar-refractivity contribution is -0.143. The van der Waals surface area contributed by atoms with Crippen molar-refractivity contribution < 1.29 is 60.0 Å². The Hall–Kier alpha value is -5.42. The molecule has 0 radical (unpaired) electrons. The lowest BCUT2D eigenvalue weighted by atomic mass is 9.93. The summed E-state index contributed by atoms with van der Waals surface area (Å²) in [6.45, 7) is 3.60. The van der Waals surface area contributed by atoms with Crippen LogP contribution in [0.15, 0.2) is 42.3 Å². The number of alkyl halides is 6. The van der Waals surface area contributed by atoms with Gasteiger partial charge in [0.2, 0.25) is 17.6 Å². The molecule has 0 aliphatic carbocycles. The average molecular weight is 727 g/mol. The minimum Gasteiger partial charge on any atom is -0.499 e. The van der Waals surface area contributed by atoms with E-state index in [9.17, 15) is 45.8 Å². The summed E-state index contributed by atoms with van der Waals surface area (Å²) in [6.07, 6.45) is -11.7. The van der Waals surface area contributed by atoms with Crippen LogP contribution in [0.3, 0.4) is 0 Å². The Morgan fingerprint density at radius 2 is 1.73 bits per heavy atom. The number of aromatic nitrogens is 3. The van der Waals surface area contributed by atoms with Crippen molar-refractivity contribution in [2.24, 2.45) is 0 Å². The third-order valence-corrected chi connectivity index (χ3v) is 7.77. The van der Waals surface area contributed by atoms with Crippen molar-refractivity contribution in [1.82, 2.24) is 20.3 Å². The van der Waals surface area contributed by atoms with Gasteiger partial charge in [0.1, 0.15) is 0 Å². The maximum absolute atomic E-state index is 13.7. The fourth-order valence-corrected chi connectivity index (χ4v) is 5.40. The molecule has 3 heterocycles. The van der Waals surface area contributed by atoms with Gasteiger partial charge >= 0.3 is 18.4 Å². The number of anilines is 2. The largest absolute Gasteiger partial charge is 0.499 e. The highest BCUT2D eigenvalue weighted by Crippen LogP contribution is 2.40. The van der Waals surface area contributed by atoms with Crippen molar-refractivity contribution in [2.45, 2.75) is 63.8 Å². The molecule has 1 unspecified atom stereocenters. The van der Waals surface area contributed by atoms with E-state index < -0.39 is 77.1 Å². The summed E-state index contributed by atoms with van der Waals surface area (Å²) in [5.74, 6) is -1.02. The number of hydrogen-bond donors (Lipinski definition) is 3. The molecule has 2 amide bonds. The van der Waals surface area contributed by atoms with Gasteiger partial charge in [0, 0.05) is 31.8 Å². The average Bonchev–Trinajstić information content (AvgIpc) is 3.09. The van der Waals surface area contributed by atoms with Crippen LogP contribution in [0, 0.1) is 0 Å². The molecule has 3 N–H and O–H groups in total. The molecule has 0 bridgehead atoms. The zero-order valence-corrected chi connectivity index (χ0v) is 27.5. The topological polar surface area (TPSA) is 165 Å². The first-order chi connectivity index (χ1) is 24.0. The number of amides is 2. The first-order valence-corrected chi connectivity index (χ1v) is 15.2. The van der Waals surface area contributed by atoms with E-state index in [1.807, 2.05) is 6.92 Å². The van der Waals surface area contributed by atoms with Crippen LogP contribution in [0.25, 0.3) is 0 Å². The molecule has 274 valence electrons. The van der Waals surface area contributed by atoms with Gasteiger partial charge in [-0.2, -0.15) is 26.3 Å². The second-order valence-corrected chi connectivity index (χ2v) is 11.0. The lowest BCUT2D eigenvalue weighted by Gasteiger charge is -2.39. The first-order valence-electron chi connectivity index (χ1n) is 15.2. The number of ether oxygens (including phenoxy) is 3. The van der Waals surface area contributed by atoms with Crippen LogP contribution in [0.5, 0.6) is 5.88 Å². The summed E-state index contributed by atoms with van der Waals surface area (Å²) in [4.78, 5) is 51.6. The van der Waals surface area contributed by atoms with Gasteiger partial charge in [0.15, 0.2) is 12.2 Å². The Morgan fingerprint density at radius 3 is 2.27 bits per heavy atom. The fourth-order valence-electron chi connectivity index (χ4n) is 5.40. The van der Waals surface area contributed by atoms with Crippen molar-refractivity contribution in [2.75, 3.05) is 31.0 Å². The Morgan fingerprint density at radius 1 is 1.06 bits per heavy atom. The van der Waals surface area contributed by atoms with Crippen LogP contribution in [0.1, 0.15) is 71.2 Å².